The van der Waals surface area contributed by atoms with E-state index in [2.05, 4.69) is 15.5 Å². The first-order valence-corrected chi connectivity index (χ1v) is 6.94. The zero-order chi connectivity index (χ0) is 17.7. The SMILES string of the molecule is CC(O)NC(=O)c1ccc(N=Nc2ccc(O)c(C(=O)O)c2)cc1. The molecule has 0 aliphatic carbocycles. The van der Waals surface area contributed by atoms with E-state index in [4.69, 9.17) is 10.2 Å². The average Bonchev–Trinajstić information content (AvgIpc) is 2.53. The summed E-state index contributed by atoms with van der Waals surface area (Å²) in [6, 6.07) is 10.00. The van der Waals surface area contributed by atoms with Gasteiger partial charge in [0.15, 0.2) is 0 Å². The Hall–Kier alpha value is -3.26. The van der Waals surface area contributed by atoms with Crippen LogP contribution in [0.5, 0.6) is 5.75 Å². The molecule has 4 N–H and O–H groups in total. The van der Waals surface area contributed by atoms with Crippen LogP contribution in [0, 0.1) is 0 Å². The number of carboxylic acids is 1. The van der Waals surface area contributed by atoms with Gasteiger partial charge in [-0.25, -0.2) is 4.79 Å². The van der Waals surface area contributed by atoms with Crippen molar-refractivity contribution in [3.8, 4) is 5.75 Å². The van der Waals surface area contributed by atoms with E-state index in [1.54, 1.807) is 12.1 Å². The molecule has 0 heterocycles. The van der Waals surface area contributed by atoms with Gasteiger partial charge in [0.05, 0.1) is 11.4 Å². The minimum Gasteiger partial charge on any atom is -0.507 e. The van der Waals surface area contributed by atoms with Gasteiger partial charge in [-0.05, 0) is 49.4 Å². The number of benzene rings is 2. The highest BCUT2D eigenvalue weighted by molar-refractivity contribution is 5.94. The van der Waals surface area contributed by atoms with Gasteiger partial charge in [-0.2, -0.15) is 10.2 Å². The number of aliphatic hydroxyl groups excluding tert-OH is 1. The number of carbonyl (C=O) groups is 2. The first kappa shape index (κ1) is 17.1. The van der Waals surface area contributed by atoms with Crippen molar-refractivity contribution in [3.05, 3.63) is 53.6 Å². The van der Waals surface area contributed by atoms with Gasteiger partial charge in [-0.1, -0.05) is 0 Å². The fraction of sp³-hybridized carbons (Fsp3) is 0.125. The maximum absolute atomic E-state index is 11.7. The molecule has 1 amide bonds. The fourth-order valence-corrected chi connectivity index (χ4v) is 1.83. The Bertz CT molecular complexity index is 785. The second-order valence-corrected chi connectivity index (χ2v) is 4.90. The van der Waals surface area contributed by atoms with Gasteiger partial charge in [-0.15, -0.1) is 0 Å². The lowest BCUT2D eigenvalue weighted by Gasteiger charge is -2.07. The highest BCUT2D eigenvalue weighted by Crippen LogP contribution is 2.25. The Morgan fingerprint density at radius 1 is 1.04 bits per heavy atom. The smallest absolute Gasteiger partial charge is 0.339 e. The fourth-order valence-electron chi connectivity index (χ4n) is 1.83. The number of amides is 1. The molecule has 2 aromatic rings. The zero-order valence-corrected chi connectivity index (χ0v) is 12.7. The van der Waals surface area contributed by atoms with E-state index >= 15 is 0 Å². The van der Waals surface area contributed by atoms with Crippen LogP contribution in [0.15, 0.2) is 52.7 Å². The predicted octanol–water partition coefficient (Wildman–Crippen LogP) is 2.57. The van der Waals surface area contributed by atoms with Gasteiger partial charge in [0, 0.05) is 5.56 Å². The molecule has 1 unspecified atom stereocenters. The zero-order valence-electron chi connectivity index (χ0n) is 12.7. The lowest BCUT2D eigenvalue weighted by molar-refractivity contribution is 0.0692. The summed E-state index contributed by atoms with van der Waals surface area (Å²) in [6.07, 6.45) is -0.949. The number of nitrogens with zero attached hydrogens (tertiary/aromatic N) is 2. The molecule has 8 heteroatoms. The number of azo groups is 1. The Balaban J connectivity index is 2.14. The molecule has 0 radical (unpaired) electrons. The van der Waals surface area contributed by atoms with E-state index in [0.717, 1.165) is 0 Å². The summed E-state index contributed by atoms with van der Waals surface area (Å²) in [5.74, 6) is -2.04. The number of aliphatic hydroxyl groups is 1. The van der Waals surface area contributed by atoms with E-state index in [9.17, 15) is 14.7 Å². The summed E-state index contributed by atoms with van der Waals surface area (Å²) in [7, 11) is 0. The molecule has 0 saturated heterocycles. The van der Waals surface area contributed by atoms with E-state index in [1.807, 2.05) is 0 Å². The van der Waals surface area contributed by atoms with Gasteiger partial charge < -0.3 is 20.6 Å². The number of aromatic hydroxyl groups is 1. The molecule has 1 atom stereocenters. The summed E-state index contributed by atoms with van der Waals surface area (Å²) < 4.78 is 0. The maximum atomic E-state index is 11.7. The van der Waals surface area contributed by atoms with Crippen molar-refractivity contribution in [3.63, 3.8) is 0 Å². The van der Waals surface area contributed by atoms with Crippen LogP contribution in [0.25, 0.3) is 0 Å². The third-order valence-corrected chi connectivity index (χ3v) is 2.96. The molecule has 0 aliphatic rings. The topological polar surface area (TPSA) is 132 Å². The largest absolute Gasteiger partial charge is 0.507 e. The number of nitrogens with one attached hydrogen (secondary N) is 1. The number of phenols is 1. The Morgan fingerprint density at radius 2 is 1.62 bits per heavy atom. The summed E-state index contributed by atoms with van der Waals surface area (Å²) in [4.78, 5) is 22.6. The molecule has 0 bridgehead atoms. The van der Waals surface area contributed by atoms with Crippen molar-refractivity contribution in [2.45, 2.75) is 13.2 Å². The molecular formula is C16H15N3O5. The lowest BCUT2D eigenvalue weighted by atomic mass is 10.2. The Morgan fingerprint density at radius 3 is 2.21 bits per heavy atom. The van der Waals surface area contributed by atoms with Crippen LogP contribution >= 0.6 is 0 Å². The molecular weight excluding hydrogens is 314 g/mol. The van der Waals surface area contributed by atoms with E-state index in [-0.39, 0.29) is 17.0 Å². The van der Waals surface area contributed by atoms with Crippen LogP contribution in [0.1, 0.15) is 27.6 Å². The van der Waals surface area contributed by atoms with Crippen molar-refractivity contribution in [1.82, 2.24) is 5.32 Å². The van der Waals surface area contributed by atoms with Crippen LogP contribution in [0.3, 0.4) is 0 Å². The van der Waals surface area contributed by atoms with Crippen LogP contribution in [-0.4, -0.2) is 33.4 Å². The third-order valence-electron chi connectivity index (χ3n) is 2.96. The monoisotopic (exact) mass is 329 g/mol. The van der Waals surface area contributed by atoms with Crippen molar-refractivity contribution >= 4 is 23.3 Å². The molecule has 0 aromatic heterocycles. The average molecular weight is 329 g/mol. The first-order valence-electron chi connectivity index (χ1n) is 6.94. The summed E-state index contributed by atoms with van der Waals surface area (Å²) in [5.41, 5.74) is 0.805. The van der Waals surface area contributed by atoms with Crippen LogP contribution < -0.4 is 5.32 Å². The quantitative estimate of drug-likeness (QED) is 0.494. The maximum Gasteiger partial charge on any atom is 0.339 e. The molecule has 2 rings (SSSR count). The van der Waals surface area contributed by atoms with Crippen molar-refractivity contribution in [2.75, 3.05) is 0 Å². The van der Waals surface area contributed by atoms with Gasteiger partial charge in [0.25, 0.3) is 5.91 Å². The molecule has 8 nitrogen and oxygen atoms in total. The number of rotatable bonds is 5. The number of hydrogen-bond donors (Lipinski definition) is 4. The number of aromatic carboxylic acids is 1. The van der Waals surface area contributed by atoms with Gasteiger partial charge >= 0.3 is 5.97 Å². The van der Waals surface area contributed by atoms with Crippen LogP contribution in [-0.2, 0) is 0 Å². The number of hydrogen-bond acceptors (Lipinski definition) is 6. The molecule has 2 aromatic carbocycles. The van der Waals surface area contributed by atoms with Crippen molar-refractivity contribution in [2.24, 2.45) is 10.2 Å². The molecule has 0 saturated carbocycles. The minimum absolute atomic E-state index is 0.265. The lowest BCUT2D eigenvalue weighted by Crippen LogP contribution is -2.31. The molecule has 0 fully saturated rings. The van der Waals surface area contributed by atoms with Gasteiger partial charge in [0.2, 0.25) is 0 Å². The van der Waals surface area contributed by atoms with E-state index in [1.165, 1.54) is 37.3 Å². The van der Waals surface area contributed by atoms with Crippen molar-refractivity contribution < 1.29 is 24.9 Å². The normalized spacial score (nSPS) is 12.1. The third kappa shape index (κ3) is 4.37. The summed E-state index contributed by atoms with van der Waals surface area (Å²) in [6.45, 7) is 1.43. The number of carbonyl (C=O) groups excluding carboxylic acids is 1. The highest BCUT2D eigenvalue weighted by atomic mass is 16.4. The van der Waals surface area contributed by atoms with E-state index in [0.29, 0.717) is 11.3 Å². The highest BCUT2D eigenvalue weighted by Gasteiger charge is 2.10. The van der Waals surface area contributed by atoms with Crippen LogP contribution in [0.2, 0.25) is 0 Å². The van der Waals surface area contributed by atoms with Gasteiger partial charge in [0.1, 0.15) is 17.5 Å². The minimum atomic E-state index is -1.27. The van der Waals surface area contributed by atoms with E-state index < -0.39 is 18.1 Å². The standard InChI is InChI=1S/C16H15N3O5/c1-9(20)17-15(22)10-2-4-11(5-3-10)18-19-12-6-7-14(21)13(8-12)16(23)24/h2-9,20-21H,1H3,(H,17,22)(H,23,24). The Labute approximate surface area is 137 Å². The second kappa shape index (κ2) is 7.34. The molecule has 0 spiro atoms. The van der Waals surface area contributed by atoms with Crippen LogP contribution in [0.4, 0.5) is 11.4 Å². The number of carboxylic acid groups (broad SMARTS) is 1. The Kier molecular flexibility index (Phi) is 5.23. The molecule has 0 aliphatic heterocycles. The van der Waals surface area contributed by atoms with Crippen molar-refractivity contribution in [1.29, 1.82) is 0 Å². The summed E-state index contributed by atoms with van der Waals surface area (Å²) in [5, 5.41) is 37.6. The molecule has 24 heavy (non-hydrogen) atoms. The second-order valence-electron chi connectivity index (χ2n) is 4.90. The predicted molar refractivity (Wildman–Crippen MR) is 84.8 cm³/mol. The summed E-state index contributed by atoms with van der Waals surface area (Å²) >= 11 is 0. The first-order chi connectivity index (χ1) is 11.4. The van der Waals surface area contributed by atoms with Gasteiger partial charge in [-0.3, -0.25) is 4.79 Å². The molecule has 124 valence electrons.